The number of aliphatic hydroxyl groups excluding tert-OH is 1. The number of ether oxygens (including phenoxy) is 3. The van der Waals surface area contributed by atoms with Crippen molar-refractivity contribution >= 4 is 17.8 Å². The molecule has 1 aliphatic rings. The molecular formula is C31H43N3O6. The van der Waals surface area contributed by atoms with Crippen LogP contribution in [0.3, 0.4) is 0 Å². The zero-order valence-electron chi connectivity index (χ0n) is 24.3. The molecule has 0 spiro atoms. The summed E-state index contributed by atoms with van der Waals surface area (Å²) in [4.78, 5) is 33.7. The van der Waals surface area contributed by atoms with E-state index in [4.69, 9.17) is 24.3 Å². The molecule has 0 unspecified atom stereocenters. The third kappa shape index (κ3) is 8.79. The Bertz CT molecular complexity index is 1130. The van der Waals surface area contributed by atoms with Gasteiger partial charge in [-0.15, -0.1) is 0 Å². The number of benzene rings is 2. The highest BCUT2D eigenvalue weighted by atomic mass is 16.6. The van der Waals surface area contributed by atoms with Crippen LogP contribution in [0, 0.1) is 0 Å². The second-order valence-corrected chi connectivity index (χ2v) is 11.2. The van der Waals surface area contributed by atoms with Crippen LogP contribution in [0.5, 0.6) is 5.75 Å². The lowest BCUT2D eigenvalue weighted by atomic mass is 9.83. The Kier molecular flexibility index (Phi) is 11.1. The van der Waals surface area contributed by atoms with Gasteiger partial charge in [-0.05, 0) is 84.1 Å². The lowest BCUT2D eigenvalue weighted by Gasteiger charge is -2.31. The zero-order chi connectivity index (χ0) is 29.2. The van der Waals surface area contributed by atoms with Crippen molar-refractivity contribution in [1.82, 2.24) is 10.2 Å². The summed E-state index contributed by atoms with van der Waals surface area (Å²) in [6.45, 7) is 7.21. The van der Waals surface area contributed by atoms with Crippen molar-refractivity contribution in [2.45, 2.75) is 63.7 Å². The Balaban J connectivity index is 1.96. The van der Waals surface area contributed by atoms with Gasteiger partial charge in [0, 0.05) is 31.6 Å². The minimum Gasteiger partial charge on any atom is -0.494 e. The van der Waals surface area contributed by atoms with Gasteiger partial charge in [0.15, 0.2) is 11.6 Å². The Morgan fingerprint density at radius 1 is 1.07 bits per heavy atom. The van der Waals surface area contributed by atoms with E-state index in [-0.39, 0.29) is 25.4 Å². The number of nitrogens with zero attached hydrogens (tertiary/aromatic N) is 2. The monoisotopic (exact) mass is 553 g/mol. The average molecular weight is 554 g/mol. The van der Waals surface area contributed by atoms with Crippen LogP contribution < -0.4 is 10.1 Å². The number of nitrogens with one attached hydrogen (secondary N) is 1. The van der Waals surface area contributed by atoms with Crippen molar-refractivity contribution in [3.8, 4) is 5.75 Å². The maximum Gasteiger partial charge on any atom is 0.306 e. The maximum absolute atomic E-state index is 14.0. The summed E-state index contributed by atoms with van der Waals surface area (Å²) >= 11 is 0. The van der Waals surface area contributed by atoms with E-state index in [1.807, 2.05) is 77.3 Å². The van der Waals surface area contributed by atoms with Gasteiger partial charge < -0.3 is 29.5 Å². The van der Waals surface area contributed by atoms with Gasteiger partial charge in [0.25, 0.3) is 5.91 Å². The van der Waals surface area contributed by atoms with Gasteiger partial charge in [-0.3, -0.25) is 9.59 Å². The highest BCUT2D eigenvalue weighted by Crippen LogP contribution is 2.43. The number of aliphatic hydroxyl groups is 1. The van der Waals surface area contributed by atoms with Gasteiger partial charge >= 0.3 is 5.97 Å². The summed E-state index contributed by atoms with van der Waals surface area (Å²) in [7, 11) is 3.97. The van der Waals surface area contributed by atoms with E-state index in [1.165, 1.54) is 0 Å². The van der Waals surface area contributed by atoms with Crippen molar-refractivity contribution in [2.24, 2.45) is 4.99 Å². The van der Waals surface area contributed by atoms with Crippen LogP contribution in [-0.2, 0) is 19.1 Å². The van der Waals surface area contributed by atoms with E-state index in [0.29, 0.717) is 36.8 Å². The molecule has 1 amide bonds. The third-order valence-electron chi connectivity index (χ3n) is 6.33. The van der Waals surface area contributed by atoms with Gasteiger partial charge in [0.1, 0.15) is 11.4 Å². The standard InChI is InChI=1S/C31H43N3O6/c1-30(2,3)40-26(36)17-18-31(29(37)32-19-9-20-34(4)5)27(23-11-7-6-8-12-23)39-28(33-31)24-13-15-25(16-14-24)38-22-10-21-35/h6-8,11-16,27,35H,9-10,17-22H2,1-5H3,(H,32,37)/t27-,31-/m1/s1. The normalized spacial score (nSPS) is 18.7. The lowest BCUT2D eigenvalue weighted by molar-refractivity contribution is -0.155. The average Bonchev–Trinajstić information content (AvgIpc) is 3.31. The number of carbonyl (C=O) groups excluding carboxylic acids is 2. The fourth-order valence-electron chi connectivity index (χ4n) is 4.43. The molecule has 0 aromatic heterocycles. The van der Waals surface area contributed by atoms with Crippen LogP contribution in [0.25, 0.3) is 0 Å². The van der Waals surface area contributed by atoms with Crippen LogP contribution in [-0.4, -0.2) is 79.3 Å². The molecular weight excluding hydrogens is 510 g/mol. The first-order chi connectivity index (χ1) is 19.0. The number of rotatable bonds is 14. The zero-order valence-corrected chi connectivity index (χ0v) is 24.3. The smallest absolute Gasteiger partial charge is 0.306 e. The number of carbonyl (C=O) groups is 2. The first-order valence-corrected chi connectivity index (χ1v) is 13.8. The summed E-state index contributed by atoms with van der Waals surface area (Å²) in [5.41, 5.74) is -0.533. The molecule has 3 rings (SSSR count). The van der Waals surface area contributed by atoms with Crippen LogP contribution >= 0.6 is 0 Å². The van der Waals surface area contributed by atoms with E-state index in [0.717, 1.165) is 18.5 Å². The maximum atomic E-state index is 14.0. The number of hydrogen-bond acceptors (Lipinski definition) is 8. The van der Waals surface area contributed by atoms with Gasteiger partial charge in [0.05, 0.1) is 6.61 Å². The lowest BCUT2D eigenvalue weighted by Crippen LogP contribution is -2.49. The third-order valence-corrected chi connectivity index (χ3v) is 6.33. The molecule has 40 heavy (non-hydrogen) atoms. The van der Waals surface area contributed by atoms with E-state index >= 15 is 0 Å². The second-order valence-electron chi connectivity index (χ2n) is 11.2. The van der Waals surface area contributed by atoms with Crippen molar-refractivity contribution < 1.29 is 28.9 Å². The minimum atomic E-state index is -1.37. The second kappa shape index (κ2) is 14.3. The molecule has 0 radical (unpaired) electrons. The molecule has 9 heteroatoms. The van der Waals surface area contributed by atoms with Crippen LogP contribution in [0.15, 0.2) is 59.6 Å². The fourth-order valence-corrected chi connectivity index (χ4v) is 4.43. The van der Waals surface area contributed by atoms with Crippen LogP contribution in [0.1, 0.15) is 63.7 Å². The molecule has 0 saturated carbocycles. The molecule has 2 aromatic carbocycles. The van der Waals surface area contributed by atoms with Gasteiger partial charge in [-0.2, -0.15) is 0 Å². The molecule has 0 bridgehead atoms. The predicted octanol–water partition coefficient (Wildman–Crippen LogP) is 3.89. The summed E-state index contributed by atoms with van der Waals surface area (Å²) < 4.78 is 17.7. The first kappa shape index (κ1) is 31.1. The Hall–Kier alpha value is -3.43. The van der Waals surface area contributed by atoms with Crippen molar-refractivity contribution in [3.63, 3.8) is 0 Å². The molecule has 218 valence electrons. The number of aliphatic imine (C=N–C) groups is 1. The van der Waals surface area contributed by atoms with Crippen molar-refractivity contribution in [2.75, 3.05) is 40.4 Å². The van der Waals surface area contributed by atoms with Gasteiger partial charge in [-0.25, -0.2) is 4.99 Å². The molecule has 0 saturated heterocycles. The molecule has 1 aliphatic heterocycles. The molecule has 2 N–H and O–H groups in total. The Morgan fingerprint density at radius 3 is 2.40 bits per heavy atom. The number of hydrogen-bond donors (Lipinski definition) is 2. The molecule has 2 aromatic rings. The first-order valence-electron chi connectivity index (χ1n) is 13.8. The predicted molar refractivity (Wildman–Crippen MR) is 154 cm³/mol. The van der Waals surface area contributed by atoms with E-state index < -0.39 is 23.2 Å². The van der Waals surface area contributed by atoms with Crippen LogP contribution in [0.2, 0.25) is 0 Å². The fraction of sp³-hybridized carbons (Fsp3) is 0.516. The largest absolute Gasteiger partial charge is 0.494 e. The molecule has 1 heterocycles. The minimum absolute atomic E-state index is 0.00347. The highest BCUT2D eigenvalue weighted by Gasteiger charge is 2.53. The number of esters is 1. The summed E-state index contributed by atoms with van der Waals surface area (Å²) in [5, 5.41) is 12.1. The summed E-state index contributed by atoms with van der Waals surface area (Å²) in [5.74, 6) is 0.295. The van der Waals surface area contributed by atoms with Crippen molar-refractivity contribution in [3.05, 3.63) is 65.7 Å². The van der Waals surface area contributed by atoms with Crippen molar-refractivity contribution in [1.29, 1.82) is 0 Å². The van der Waals surface area contributed by atoms with E-state index in [9.17, 15) is 9.59 Å². The molecule has 0 fully saturated rings. The van der Waals surface area contributed by atoms with Gasteiger partial charge in [-0.1, -0.05) is 30.3 Å². The van der Waals surface area contributed by atoms with Crippen LogP contribution in [0.4, 0.5) is 0 Å². The summed E-state index contributed by atoms with van der Waals surface area (Å²) in [6, 6.07) is 16.8. The van der Waals surface area contributed by atoms with Gasteiger partial charge in [0.2, 0.25) is 5.90 Å². The highest BCUT2D eigenvalue weighted by molar-refractivity contribution is 6.01. The topological polar surface area (TPSA) is 110 Å². The Morgan fingerprint density at radius 2 is 1.77 bits per heavy atom. The SMILES string of the molecule is CN(C)CCCNC(=O)[C@]1(CCC(=O)OC(C)(C)C)N=C(c2ccc(OCCCO)cc2)O[C@@H]1c1ccccc1. The quantitative estimate of drug-likeness (QED) is 0.270. The summed E-state index contributed by atoms with van der Waals surface area (Å²) in [6.07, 6.45) is 0.697. The molecule has 2 atom stereocenters. The molecule has 0 aliphatic carbocycles. The number of amides is 1. The van der Waals surface area contributed by atoms with E-state index in [1.54, 1.807) is 12.1 Å². The Labute approximate surface area is 237 Å². The molecule has 9 nitrogen and oxygen atoms in total. The van der Waals surface area contributed by atoms with E-state index in [2.05, 4.69) is 10.2 Å².